The molecule has 0 saturated carbocycles. The summed E-state index contributed by atoms with van der Waals surface area (Å²) in [7, 11) is 0. The van der Waals surface area contributed by atoms with Crippen LogP contribution in [0.4, 0.5) is 9.18 Å². The highest BCUT2D eigenvalue weighted by molar-refractivity contribution is 5.96. The molecule has 6 heteroatoms. The van der Waals surface area contributed by atoms with E-state index in [0.29, 0.717) is 16.9 Å². The number of para-hydroxylation sites is 1. The molecule has 0 heterocycles. The maximum Gasteiger partial charge on any atom is 0.514 e. The molecule has 3 aromatic carbocycles. The van der Waals surface area contributed by atoms with Crippen LogP contribution in [0, 0.1) is 5.82 Å². The van der Waals surface area contributed by atoms with Gasteiger partial charge in [-0.25, -0.2) is 14.0 Å². The van der Waals surface area contributed by atoms with Crippen molar-refractivity contribution in [3.05, 3.63) is 95.3 Å². The molecule has 0 saturated heterocycles. The van der Waals surface area contributed by atoms with Gasteiger partial charge >= 0.3 is 12.1 Å². The van der Waals surface area contributed by atoms with Crippen LogP contribution in [0.2, 0.25) is 0 Å². The van der Waals surface area contributed by atoms with E-state index in [1.54, 1.807) is 81.4 Å². The number of carbonyl (C=O) groups excluding carboxylic acids is 2. The molecule has 5 nitrogen and oxygen atoms in total. The van der Waals surface area contributed by atoms with Gasteiger partial charge in [0.2, 0.25) is 0 Å². The SMILES string of the molecule is CC(C)(C)OC(=O)Oc1cccc(Cc2ccccc2F)c1C(=O)Oc1ccccc1. The molecule has 0 aliphatic heterocycles. The summed E-state index contributed by atoms with van der Waals surface area (Å²) in [6.45, 7) is 5.11. The van der Waals surface area contributed by atoms with E-state index in [0.717, 1.165) is 0 Å². The van der Waals surface area contributed by atoms with Crippen LogP contribution < -0.4 is 9.47 Å². The molecule has 3 aromatic rings. The van der Waals surface area contributed by atoms with E-state index in [9.17, 15) is 14.0 Å². The summed E-state index contributed by atoms with van der Waals surface area (Å²) < 4.78 is 30.2. The molecule has 0 unspecified atom stereocenters. The summed E-state index contributed by atoms with van der Waals surface area (Å²) in [4.78, 5) is 25.3. The minimum absolute atomic E-state index is 0.0241. The van der Waals surface area contributed by atoms with Crippen molar-refractivity contribution in [2.45, 2.75) is 32.8 Å². The van der Waals surface area contributed by atoms with Gasteiger partial charge in [-0.3, -0.25) is 0 Å². The Morgan fingerprint density at radius 3 is 2.13 bits per heavy atom. The lowest BCUT2D eigenvalue weighted by molar-refractivity contribution is 0.0204. The zero-order chi connectivity index (χ0) is 22.4. The largest absolute Gasteiger partial charge is 0.514 e. The molecule has 0 aliphatic rings. The number of ether oxygens (including phenoxy) is 3. The second kappa shape index (κ2) is 9.43. The second-order valence-corrected chi connectivity index (χ2v) is 7.83. The molecule has 0 fully saturated rings. The molecule has 31 heavy (non-hydrogen) atoms. The Bertz CT molecular complexity index is 1070. The Kier molecular flexibility index (Phi) is 6.70. The first kappa shape index (κ1) is 22.0. The molecule has 0 atom stereocenters. The van der Waals surface area contributed by atoms with Gasteiger partial charge in [-0.2, -0.15) is 0 Å². The van der Waals surface area contributed by atoms with Crippen molar-refractivity contribution in [2.75, 3.05) is 0 Å². The highest BCUT2D eigenvalue weighted by Crippen LogP contribution is 2.28. The van der Waals surface area contributed by atoms with E-state index in [-0.39, 0.29) is 17.7 Å². The molecule has 160 valence electrons. The highest BCUT2D eigenvalue weighted by Gasteiger charge is 2.25. The van der Waals surface area contributed by atoms with Crippen molar-refractivity contribution < 1.29 is 28.2 Å². The molecular formula is C25H23FO5. The molecule has 0 spiro atoms. The van der Waals surface area contributed by atoms with Crippen molar-refractivity contribution in [2.24, 2.45) is 0 Å². The Hall–Kier alpha value is -3.67. The van der Waals surface area contributed by atoms with E-state index < -0.39 is 23.5 Å². The molecule has 3 rings (SSSR count). The second-order valence-electron chi connectivity index (χ2n) is 7.83. The van der Waals surface area contributed by atoms with E-state index >= 15 is 0 Å². The standard InChI is InChI=1S/C25H23FO5/c1-25(2,3)31-24(28)30-21-15-9-11-18(16-17-10-7-8-14-20(17)26)22(21)23(27)29-19-12-5-4-6-13-19/h4-15H,16H2,1-3H3. The van der Waals surface area contributed by atoms with Crippen molar-refractivity contribution in [3.63, 3.8) is 0 Å². The van der Waals surface area contributed by atoms with Gasteiger partial charge in [0.15, 0.2) is 0 Å². The lowest BCUT2D eigenvalue weighted by atomic mass is 9.98. The number of halogens is 1. The monoisotopic (exact) mass is 422 g/mol. The predicted molar refractivity (Wildman–Crippen MR) is 114 cm³/mol. The van der Waals surface area contributed by atoms with Gasteiger partial charge in [0.05, 0.1) is 0 Å². The predicted octanol–water partition coefficient (Wildman–Crippen LogP) is 5.95. The van der Waals surface area contributed by atoms with Crippen LogP contribution in [0.3, 0.4) is 0 Å². The van der Waals surface area contributed by atoms with E-state index in [4.69, 9.17) is 14.2 Å². The van der Waals surface area contributed by atoms with Crippen LogP contribution >= 0.6 is 0 Å². The van der Waals surface area contributed by atoms with Crippen molar-refractivity contribution >= 4 is 12.1 Å². The molecule has 0 amide bonds. The maximum atomic E-state index is 14.2. The van der Waals surface area contributed by atoms with Crippen molar-refractivity contribution in [1.29, 1.82) is 0 Å². The molecule has 0 radical (unpaired) electrons. The Morgan fingerprint density at radius 2 is 1.45 bits per heavy atom. The third-order valence-electron chi connectivity index (χ3n) is 4.19. The summed E-state index contributed by atoms with van der Waals surface area (Å²) in [5.74, 6) is -0.819. The first-order chi connectivity index (χ1) is 14.7. The number of hydrogen-bond acceptors (Lipinski definition) is 5. The van der Waals surface area contributed by atoms with Gasteiger partial charge in [0.25, 0.3) is 0 Å². The highest BCUT2D eigenvalue weighted by atomic mass is 19.1. The smallest absolute Gasteiger partial charge is 0.428 e. The first-order valence-electron chi connectivity index (χ1n) is 9.76. The van der Waals surface area contributed by atoms with Crippen LogP contribution in [-0.2, 0) is 11.2 Å². The fourth-order valence-corrected chi connectivity index (χ4v) is 2.89. The van der Waals surface area contributed by atoms with Gasteiger partial charge in [0, 0.05) is 6.42 Å². The Balaban J connectivity index is 1.98. The zero-order valence-corrected chi connectivity index (χ0v) is 17.6. The molecule has 0 aliphatic carbocycles. The minimum Gasteiger partial charge on any atom is -0.428 e. The number of esters is 1. The zero-order valence-electron chi connectivity index (χ0n) is 17.6. The Morgan fingerprint density at radius 1 is 0.806 bits per heavy atom. The quantitative estimate of drug-likeness (QED) is 0.289. The van der Waals surface area contributed by atoms with Gasteiger partial charge in [-0.15, -0.1) is 0 Å². The summed E-state index contributed by atoms with van der Waals surface area (Å²) >= 11 is 0. The third kappa shape index (κ3) is 6.15. The lowest BCUT2D eigenvalue weighted by Gasteiger charge is -2.20. The van der Waals surface area contributed by atoms with Crippen LogP contribution in [-0.4, -0.2) is 17.7 Å². The molecule has 0 aromatic heterocycles. The Labute approximate surface area is 180 Å². The van der Waals surface area contributed by atoms with E-state index in [2.05, 4.69) is 0 Å². The number of hydrogen-bond donors (Lipinski definition) is 0. The average Bonchev–Trinajstić information content (AvgIpc) is 2.69. The summed E-state index contributed by atoms with van der Waals surface area (Å²) in [6.07, 6.45) is -0.846. The van der Waals surface area contributed by atoms with Crippen molar-refractivity contribution in [1.82, 2.24) is 0 Å². The summed E-state index contributed by atoms with van der Waals surface area (Å²) in [6, 6.07) is 19.5. The van der Waals surface area contributed by atoms with E-state index in [1.807, 2.05) is 0 Å². The topological polar surface area (TPSA) is 61.8 Å². The van der Waals surface area contributed by atoms with E-state index in [1.165, 1.54) is 12.1 Å². The van der Waals surface area contributed by atoms with Crippen LogP contribution in [0.25, 0.3) is 0 Å². The average molecular weight is 422 g/mol. The number of carbonyl (C=O) groups is 2. The van der Waals surface area contributed by atoms with Gasteiger partial charge < -0.3 is 14.2 Å². The molecular weight excluding hydrogens is 399 g/mol. The maximum absolute atomic E-state index is 14.2. The first-order valence-corrected chi connectivity index (χ1v) is 9.76. The number of benzene rings is 3. The number of rotatable bonds is 5. The minimum atomic E-state index is -0.954. The van der Waals surface area contributed by atoms with Gasteiger partial charge in [-0.1, -0.05) is 48.5 Å². The normalized spacial score (nSPS) is 11.0. The van der Waals surface area contributed by atoms with Crippen LogP contribution in [0.15, 0.2) is 72.8 Å². The van der Waals surface area contributed by atoms with Crippen molar-refractivity contribution in [3.8, 4) is 11.5 Å². The van der Waals surface area contributed by atoms with Gasteiger partial charge in [0.1, 0.15) is 28.5 Å². The summed E-state index contributed by atoms with van der Waals surface area (Å²) in [5, 5.41) is 0. The van der Waals surface area contributed by atoms with Crippen LogP contribution in [0.5, 0.6) is 11.5 Å². The fraction of sp³-hybridized carbons (Fsp3) is 0.200. The van der Waals surface area contributed by atoms with Crippen LogP contribution in [0.1, 0.15) is 42.3 Å². The molecule has 0 N–H and O–H groups in total. The summed E-state index contributed by atoms with van der Waals surface area (Å²) in [5.41, 5.74) is 0.102. The lowest BCUT2D eigenvalue weighted by Crippen LogP contribution is -2.26. The molecule has 0 bridgehead atoms. The fourth-order valence-electron chi connectivity index (χ4n) is 2.89. The van der Waals surface area contributed by atoms with Gasteiger partial charge in [-0.05, 0) is 56.2 Å². The third-order valence-corrected chi connectivity index (χ3v) is 4.19.